The molecule has 1 N–H and O–H groups in total. The number of piperazine rings is 1. The molecule has 1 saturated heterocycles. The minimum atomic E-state index is -0.419. The van der Waals surface area contributed by atoms with Gasteiger partial charge in [-0.05, 0) is 12.1 Å². The summed E-state index contributed by atoms with van der Waals surface area (Å²) in [6.45, 7) is 3.67. The van der Waals surface area contributed by atoms with Crippen LogP contribution in [0.3, 0.4) is 0 Å². The largest absolute Gasteiger partial charge is 0.496 e. The Bertz CT molecular complexity index is 753. The Labute approximate surface area is 152 Å². The fourth-order valence-corrected chi connectivity index (χ4v) is 3.27. The minimum Gasteiger partial charge on any atom is -0.496 e. The molecule has 0 bridgehead atoms. The molecular weight excluding hydrogens is 334 g/mol. The van der Waals surface area contributed by atoms with Crippen LogP contribution in [-0.2, 0) is 0 Å². The third kappa shape index (κ3) is 4.12. The molecule has 0 spiro atoms. The van der Waals surface area contributed by atoms with Crippen molar-refractivity contribution in [3.05, 3.63) is 64.2 Å². The lowest BCUT2D eigenvalue weighted by Crippen LogP contribution is -2.47. The molecular formula is C19H23N3O4. The minimum absolute atomic E-state index is 0.00547. The second-order valence-corrected chi connectivity index (χ2v) is 6.07. The molecule has 3 rings (SSSR count). The van der Waals surface area contributed by atoms with Gasteiger partial charge in [0.1, 0.15) is 12.4 Å². The van der Waals surface area contributed by atoms with Crippen molar-refractivity contribution in [2.24, 2.45) is 0 Å². The molecule has 1 unspecified atom stereocenters. The standard InChI is InChI=1S/C19H23N3O4/c1-25-18-8-4-2-6-15(18)17-14-20-10-11-21(17)12-13-26-19-9-5-3-7-16(19)22(23)24/h2-9,17,20H,10-14H2,1H3. The summed E-state index contributed by atoms with van der Waals surface area (Å²) in [6, 6.07) is 14.7. The Kier molecular flexibility index (Phi) is 6.04. The van der Waals surface area contributed by atoms with Crippen LogP contribution >= 0.6 is 0 Å². The summed E-state index contributed by atoms with van der Waals surface area (Å²) < 4.78 is 11.2. The zero-order valence-electron chi connectivity index (χ0n) is 14.8. The topological polar surface area (TPSA) is 76.9 Å². The first-order valence-corrected chi connectivity index (χ1v) is 8.64. The van der Waals surface area contributed by atoms with Gasteiger partial charge in [-0.3, -0.25) is 15.0 Å². The number of nitro groups is 1. The fourth-order valence-electron chi connectivity index (χ4n) is 3.27. The number of nitro benzene ring substituents is 1. The van der Waals surface area contributed by atoms with Crippen LogP contribution in [0.4, 0.5) is 5.69 Å². The molecule has 0 amide bonds. The van der Waals surface area contributed by atoms with Crippen LogP contribution in [0, 0.1) is 10.1 Å². The average Bonchev–Trinajstić information content (AvgIpc) is 2.68. The van der Waals surface area contributed by atoms with Crippen molar-refractivity contribution < 1.29 is 14.4 Å². The van der Waals surface area contributed by atoms with Gasteiger partial charge in [0.25, 0.3) is 0 Å². The second kappa shape index (κ2) is 8.64. The van der Waals surface area contributed by atoms with E-state index in [1.54, 1.807) is 25.3 Å². The first kappa shape index (κ1) is 18.2. The predicted octanol–water partition coefficient (Wildman–Crippen LogP) is 2.63. The quantitative estimate of drug-likeness (QED) is 0.606. The van der Waals surface area contributed by atoms with Crippen molar-refractivity contribution in [1.29, 1.82) is 0 Å². The van der Waals surface area contributed by atoms with Gasteiger partial charge in [-0.1, -0.05) is 30.3 Å². The van der Waals surface area contributed by atoms with E-state index in [1.165, 1.54) is 6.07 Å². The molecule has 2 aromatic rings. The van der Waals surface area contributed by atoms with Gasteiger partial charge >= 0.3 is 5.69 Å². The van der Waals surface area contributed by atoms with E-state index in [-0.39, 0.29) is 11.7 Å². The predicted molar refractivity (Wildman–Crippen MR) is 98.8 cm³/mol. The lowest BCUT2D eigenvalue weighted by Gasteiger charge is -2.36. The van der Waals surface area contributed by atoms with Crippen LogP contribution in [0.15, 0.2) is 48.5 Å². The molecule has 1 fully saturated rings. The maximum absolute atomic E-state index is 11.1. The van der Waals surface area contributed by atoms with Gasteiger partial charge in [0.05, 0.1) is 18.1 Å². The Morgan fingerprint density at radius 2 is 1.92 bits per heavy atom. The molecule has 0 aromatic heterocycles. The fraction of sp³-hybridized carbons (Fsp3) is 0.368. The number of nitrogens with zero attached hydrogens (tertiary/aromatic N) is 2. The van der Waals surface area contributed by atoms with Gasteiger partial charge in [-0.2, -0.15) is 0 Å². The molecule has 0 aliphatic carbocycles. The van der Waals surface area contributed by atoms with Crippen molar-refractivity contribution in [3.63, 3.8) is 0 Å². The normalized spacial score (nSPS) is 17.7. The van der Waals surface area contributed by atoms with Crippen molar-refractivity contribution in [2.75, 3.05) is 39.9 Å². The van der Waals surface area contributed by atoms with Gasteiger partial charge in [0.15, 0.2) is 5.75 Å². The third-order valence-corrected chi connectivity index (χ3v) is 4.55. The van der Waals surface area contributed by atoms with Gasteiger partial charge in [-0.15, -0.1) is 0 Å². The highest BCUT2D eigenvalue weighted by Gasteiger charge is 2.26. The number of hydrogen-bond donors (Lipinski definition) is 1. The molecule has 1 atom stereocenters. The highest BCUT2D eigenvalue weighted by Crippen LogP contribution is 2.30. The van der Waals surface area contributed by atoms with Crippen molar-refractivity contribution >= 4 is 5.69 Å². The molecule has 138 valence electrons. The monoisotopic (exact) mass is 357 g/mol. The highest BCUT2D eigenvalue weighted by atomic mass is 16.6. The van der Waals surface area contributed by atoms with E-state index < -0.39 is 4.92 Å². The van der Waals surface area contributed by atoms with Crippen molar-refractivity contribution in [2.45, 2.75) is 6.04 Å². The molecule has 0 saturated carbocycles. The molecule has 1 aliphatic rings. The van der Waals surface area contributed by atoms with Gasteiger partial charge in [0.2, 0.25) is 0 Å². The average molecular weight is 357 g/mol. The van der Waals surface area contributed by atoms with Crippen LogP contribution in [0.1, 0.15) is 11.6 Å². The zero-order chi connectivity index (χ0) is 18.4. The summed E-state index contributed by atoms with van der Waals surface area (Å²) in [5, 5.41) is 14.5. The number of para-hydroxylation sites is 3. The van der Waals surface area contributed by atoms with Crippen molar-refractivity contribution in [1.82, 2.24) is 10.2 Å². The number of hydrogen-bond acceptors (Lipinski definition) is 6. The van der Waals surface area contributed by atoms with Crippen LogP contribution in [0.2, 0.25) is 0 Å². The number of nitrogens with one attached hydrogen (secondary N) is 1. The van der Waals surface area contributed by atoms with Gasteiger partial charge < -0.3 is 14.8 Å². The van der Waals surface area contributed by atoms with E-state index in [1.807, 2.05) is 18.2 Å². The molecule has 1 aliphatic heterocycles. The number of methoxy groups -OCH3 is 1. The summed E-state index contributed by atoms with van der Waals surface area (Å²) in [5.74, 6) is 1.17. The van der Waals surface area contributed by atoms with Crippen LogP contribution in [0.5, 0.6) is 11.5 Å². The number of benzene rings is 2. The molecule has 1 heterocycles. The zero-order valence-corrected chi connectivity index (χ0v) is 14.8. The van der Waals surface area contributed by atoms with Gasteiger partial charge in [0, 0.05) is 37.8 Å². The van der Waals surface area contributed by atoms with Gasteiger partial charge in [-0.25, -0.2) is 0 Å². The van der Waals surface area contributed by atoms with E-state index in [4.69, 9.17) is 9.47 Å². The summed E-state index contributed by atoms with van der Waals surface area (Å²) in [4.78, 5) is 13.0. The van der Waals surface area contributed by atoms with Crippen LogP contribution < -0.4 is 14.8 Å². The molecule has 7 nitrogen and oxygen atoms in total. The summed E-state index contributed by atoms with van der Waals surface area (Å²) in [5.41, 5.74) is 1.13. The SMILES string of the molecule is COc1ccccc1C1CNCCN1CCOc1ccccc1[N+](=O)[O-]. The number of rotatable bonds is 7. The lowest BCUT2D eigenvalue weighted by atomic mass is 10.0. The van der Waals surface area contributed by atoms with Crippen LogP contribution in [-0.4, -0.2) is 49.7 Å². The lowest BCUT2D eigenvalue weighted by molar-refractivity contribution is -0.385. The van der Waals surface area contributed by atoms with E-state index in [0.717, 1.165) is 30.9 Å². The Hall–Kier alpha value is -2.64. The maximum atomic E-state index is 11.1. The van der Waals surface area contributed by atoms with E-state index in [9.17, 15) is 10.1 Å². The Balaban J connectivity index is 1.67. The first-order chi connectivity index (χ1) is 12.7. The third-order valence-electron chi connectivity index (χ3n) is 4.55. The van der Waals surface area contributed by atoms with Crippen LogP contribution in [0.25, 0.3) is 0 Å². The first-order valence-electron chi connectivity index (χ1n) is 8.64. The molecule has 7 heteroatoms. The molecule has 26 heavy (non-hydrogen) atoms. The van der Waals surface area contributed by atoms with E-state index in [2.05, 4.69) is 16.3 Å². The summed E-state index contributed by atoms with van der Waals surface area (Å²) in [7, 11) is 1.68. The summed E-state index contributed by atoms with van der Waals surface area (Å²) >= 11 is 0. The maximum Gasteiger partial charge on any atom is 0.310 e. The molecule has 0 radical (unpaired) electrons. The van der Waals surface area contributed by atoms with Crippen molar-refractivity contribution in [3.8, 4) is 11.5 Å². The second-order valence-electron chi connectivity index (χ2n) is 6.07. The highest BCUT2D eigenvalue weighted by molar-refractivity contribution is 5.45. The number of ether oxygens (including phenoxy) is 2. The summed E-state index contributed by atoms with van der Waals surface area (Å²) in [6.07, 6.45) is 0. The Morgan fingerprint density at radius 1 is 1.19 bits per heavy atom. The van der Waals surface area contributed by atoms with E-state index >= 15 is 0 Å². The smallest absolute Gasteiger partial charge is 0.310 e. The Morgan fingerprint density at radius 3 is 2.69 bits per heavy atom. The molecule has 2 aromatic carbocycles. The van der Waals surface area contributed by atoms with E-state index in [0.29, 0.717) is 18.9 Å².